The molecule has 0 unspecified atom stereocenters. The highest BCUT2D eigenvalue weighted by atomic mass is 127. The van der Waals surface area contributed by atoms with Gasteiger partial charge in [0.05, 0.1) is 19.8 Å². The van der Waals surface area contributed by atoms with Gasteiger partial charge < -0.3 is 15.4 Å². The van der Waals surface area contributed by atoms with Crippen LogP contribution >= 0.6 is 24.0 Å². The lowest BCUT2D eigenvalue weighted by molar-refractivity contribution is 0.106. The summed E-state index contributed by atoms with van der Waals surface area (Å²) < 4.78 is 5.90. The highest BCUT2D eigenvalue weighted by Crippen LogP contribution is 2.18. The van der Waals surface area contributed by atoms with Gasteiger partial charge in [-0.15, -0.1) is 24.0 Å². The Hall–Kier alpha value is -1.60. The summed E-state index contributed by atoms with van der Waals surface area (Å²) in [7, 11) is 0. The Labute approximate surface area is 173 Å². The molecule has 5 heteroatoms. The van der Waals surface area contributed by atoms with Gasteiger partial charge in [-0.1, -0.05) is 54.6 Å². The van der Waals surface area contributed by atoms with Gasteiger partial charge >= 0.3 is 0 Å². The van der Waals surface area contributed by atoms with Gasteiger partial charge in [-0.2, -0.15) is 0 Å². The maximum Gasteiger partial charge on any atom is 0.191 e. The molecule has 0 saturated heterocycles. The lowest BCUT2D eigenvalue weighted by Crippen LogP contribution is -2.38. The zero-order valence-electron chi connectivity index (χ0n) is 15.3. The highest BCUT2D eigenvalue weighted by molar-refractivity contribution is 14.0. The van der Waals surface area contributed by atoms with E-state index in [1.54, 1.807) is 0 Å². The number of hydrogen-bond donors (Lipinski definition) is 2. The van der Waals surface area contributed by atoms with Crippen LogP contribution in [0.4, 0.5) is 0 Å². The first kappa shape index (κ1) is 20.7. The van der Waals surface area contributed by atoms with E-state index in [-0.39, 0.29) is 24.0 Å². The Morgan fingerprint density at radius 1 is 1.00 bits per heavy atom. The summed E-state index contributed by atoms with van der Waals surface area (Å²) in [5.41, 5.74) is 3.61. The number of nitrogens with zero attached hydrogens (tertiary/aromatic N) is 1. The van der Waals surface area contributed by atoms with Crippen molar-refractivity contribution in [3.05, 3.63) is 71.3 Å². The number of hydrogen-bond acceptors (Lipinski definition) is 2. The molecule has 0 bridgehead atoms. The Bertz CT molecular complexity index is 687. The molecule has 4 nitrogen and oxygen atoms in total. The number of benzene rings is 2. The Balaban J connectivity index is 0.00000243. The summed E-state index contributed by atoms with van der Waals surface area (Å²) >= 11 is 0. The van der Waals surface area contributed by atoms with E-state index >= 15 is 0 Å². The van der Waals surface area contributed by atoms with Gasteiger partial charge in [0.1, 0.15) is 0 Å². The first-order chi connectivity index (χ1) is 12.3. The molecule has 2 N–H and O–H groups in total. The summed E-state index contributed by atoms with van der Waals surface area (Å²) in [6.45, 7) is 4.86. The molecule has 0 spiro atoms. The quantitative estimate of drug-likeness (QED) is 0.348. The molecule has 0 atom stereocenters. The van der Waals surface area contributed by atoms with E-state index in [9.17, 15) is 0 Å². The van der Waals surface area contributed by atoms with Crippen molar-refractivity contribution in [2.45, 2.75) is 45.6 Å². The molecule has 2 aromatic carbocycles. The molecule has 0 aromatic heterocycles. The third-order valence-electron chi connectivity index (χ3n) is 4.16. The average molecular weight is 465 g/mol. The topological polar surface area (TPSA) is 45.7 Å². The van der Waals surface area contributed by atoms with Gasteiger partial charge in [0.15, 0.2) is 5.96 Å². The summed E-state index contributed by atoms with van der Waals surface area (Å²) in [6, 6.07) is 19.2. The zero-order valence-corrected chi connectivity index (χ0v) is 17.6. The van der Waals surface area contributed by atoms with Gasteiger partial charge in [0, 0.05) is 12.6 Å². The minimum Gasteiger partial charge on any atom is -0.372 e. The fraction of sp³-hybridized carbons (Fsp3) is 0.381. The largest absolute Gasteiger partial charge is 0.372 e. The summed E-state index contributed by atoms with van der Waals surface area (Å²) in [5, 5.41) is 6.77. The zero-order chi connectivity index (χ0) is 17.3. The smallest absolute Gasteiger partial charge is 0.191 e. The summed E-state index contributed by atoms with van der Waals surface area (Å²) in [6.07, 6.45) is 2.49. The van der Waals surface area contributed by atoms with E-state index in [2.05, 4.69) is 54.0 Å². The Kier molecular flexibility index (Phi) is 8.91. The molecule has 1 saturated carbocycles. The first-order valence-electron chi connectivity index (χ1n) is 9.08. The lowest BCUT2D eigenvalue weighted by Gasteiger charge is -2.12. The maximum absolute atomic E-state index is 5.90. The predicted molar refractivity (Wildman–Crippen MR) is 118 cm³/mol. The molecule has 0 radical (unpaired) electrons. The van der Waals surface area contributed by atoms with Gasteiger partial charge in [0.25, 0.3) is 0 Å². The molecule has 2 aromatic rings. The molecular formula is C21H28IN3O. The van der Waals surface area contributed by atoms with Crippen LogP contribution in [0.25, 0.3) is 0 Å². The van der Waals surface area contributed by atoms with Crippen LogP contribution < -0.4 is 10.6 Å². The van der Waals surface area contributed by atoms with E-state index in [1.807, 2.05) is 18.2 Å². The second-order valence-corrected chi connectivity index (χ2v) is 6.36. The lowest BCUT2D eigenvalue weighted by atomic mass is 10.1. The molecular weight excluding hydrogens is 437 g/mol. The molecule has 3 rings (SSSR count). The Morgan fingerprint density at radius 3 is 2.38 bits per heavy atom. The normalized spacial score (nSPS) is 13.8. The van der Waals surface area contributed by atoms with Crippen molar-refractivity contribution in [2.24, 2.45) is 4.99 Å². The summed E-state index contributed by atoms with van der Waals surface area (Å²) in [5.74, 6) is 0.907. The highest BCUT2D eigenvalue weighted by Gasteiger charge is 2.22. The van der Waals surface area contributed by atoms with E-state index in [0.29, 0.717) is 25.8 Å². The fourth-order valence-electron chi connectivity index (χ4n) is 2.61. The predicted octanol–water partition coefficient (Wildman–Crippen LogP) is 4.24. The maximum atomic E-state index is 5.90. The number of nitrogens with one attached hydrogen (secondary N) is 2. The molecule has 140 valence electrons. The second kappa shape index (κ2) is 11.2. The SMILES string of the molecule is CCNC(=NCc1ccccc1COCc1ccccc1)NC1CC1.I. The molecule has 0 amide bonds. The third-order valence-corrected chi connectivity index (χ3v) is 4.16. The first-order valence-corrected chi connectivity index (χ1v) is 9.08. The van der Waals surface area contributed by atoms with Crippen molar-refractivity contribution in [1.82, 2.24) is 10.6 Å². The number of rotatable bonds is 8. The van der Waals surface area contributed by atoms with Crippen LogP contribution in [0.5, 0.6) is 0 Å². The fourth-order valence-corrected chi connectivity index (χ4v) is 2.61. The number of ether oxygens (including phenoxy) is 1. The third kappa shape index (κ3) is 6.96. The van der Waals surface area contributed by atoms with Crippen LogP contribution in [-0.4, -0.2) is 18.5 Å². The molecule has 0 heterocycles. The van der Waals surface area contributed by atoms with Crippen molar-refractivity contribution < 1.29 is 4.74 Å². The van der Waals surface area contributed by atoms with E-state index in [0.717, 1.165) is 12.5 Å². The van der Waals surface area contributed by atoms with Crippen molar-refractivity contribution in [2.75, 3.05) is 6.54 Å². The van der Waals surface area contributed by atoms with Gasteiger partial charge in [-0.3, -0.25) is 0 Å². The van der Waals surface area contributed by atoms with E-state index < -0.39 is 0 Å². The Morgan fingerprint density at radius 2 is 1.69 bits per heavy atom. The van der Waals surface area contributed by atoms with Gasteiger partial charge in [-0.25, -0.2) is 4.99 Å². The number of aliphatic imine (C=N–C) groups is 1. The number of guanidine groups is 1. The van der Waals surface area contributed by atoms with Crippen LogP contribution in [0.15, 0.2) is 59.6 Å². The summed E-state index contributed by atoms with van der Waals surface area (Å²) in [4.78, 5) is 4.73. The standard InChI is InChI=1S/C21H27N3O.HI/c1-2-22-21(24-20-12-13-20)23-14-18-10-6-7-11-19(18)16-25-15-17-8-4-3-5-9-17;/h3-11,20H,2,12-16H2,1H3,(H2,22,23,24);1H. The van der Waals surface area contributed by atoms with Crippen molar-refractivity contribution in [3.8, 4) is 0 Å². The van der Waals surface area contributed by atoms with Crippen LogP contribution in [0.3, 0.4) is 0 Å². The second-order valence-electron chi connectivity index (χ2n) is 6.36. The van der Waals surface area contributed by atoms with Crippen molar-refractivity contribution in [1.29, 1.82) is 0 Å². The molecule has 26 heavy (non-hydrogen) atoms. The average Bonchev–Trinajstić information content (AvgIpc) is 3.46. The van der Waals surface area contributed by atoms with Gasteiger partial charge in [-0.05, 0) is 36.5 Å². The van der Waals surface area contributed by atoms with Gasteiger partial charge in [0.2, 0.25) is 0 Å². The van der Waals surface area contributed by atoms with Crippen LogP contribution in [-0.2, 0) is 24.5 Å². The van der Waals surface area contributed by atoms with Crippen molar-refractivity contribution in [3.63, 3.8) is 0 Å². The molecule has 1 aliphatic rings. The monoisotopic (exact) mass is 465 g/mol. The van der Waals surface area contributed by atoms with Crippen LogP contribution in [0.2, 0.25) is 0 Å². The number of halogens is 1. The molecule has 1 aliphatic carbocycles. The van der Waals surface area contributed by atoms with E-state index in [1.165, 1.54) is 29.5 Å². The van der Waals surface area contributed by atoms with Crippen LogP contribution in [0, 0.1) is 0 Å². The van der Waals surface area contributed by atoms with Crippen LogP contribution in [0.1, 0.15) is 36.5 Å². The van der Waals surface area contributed by atoms with E-state index in [4.69, 9.17) is 9.73 Å². The van der Waals surface area contributed by atoms with Crippen molar-refractivity contribution >= 4 is 29.9 Å². The molecule has 1 fully saturated rings. The molecule has 0 aliphatic heterocycles. The minimum absolute atomic E-state index is 0. The minimum atomic E-state index is 0.